The van der Waals surface area contributed by atoms with Crippen LogP contribution in [-0.4, -0.2) is 23.2 Å². The van der Waals surface area contributed by atoms with Gasteiger partial charge < -0.3 is 23.9 Å². The molecule has 3 heterocycles. The minimum absolute atomic E-state index is 0.353. The van der Waals surface area contributed by atoms with Gasteiger partial charge in [-0.1, -0.05) is 30.3 Å². The Bertz CT molecular complexity index is 1480. The number of hydrogen-bond donors (Lipinski definition) is 1. The Hall–Kier alpha value is -4.27. The van der Waals surface area contributed by atoms with Gasteiger partial charge in [-0.3, -0.25) is 0 Å². The Morgan fingerprint density at radius 1 is 0.889 bits per heavy atom. The average Bonchev–Trinajstić information content (AvgIpc) is 3.61. The lowest BCUT2D eigenvalue weighted by Crippen LogP contribution is -2.00. The molecular weight excluding hydrogens is 461 g/mol. The van der Waals surface area contributed by atoms with Crippen LogP contribution in [0.5, 0.6) is 5.75 Å². The van der Waals surface area contributed by atoms with E-state index in [1.54, 1.807) is 6.07 Å². The maximum atomic E-state index is 14.2. The van der Waals surface area contributed by atoms with E-state index in [1.165, 1.54) is 0 Å². The molecule has 0 amide bonds. The molecule has 0 bridgehead atoms. The summed E-state index contributed by atoms with van der Waals surface area (Å²) in [5.74, 6) is 2.33. The molecular formula is C28H22FN3O4. The van der Waals surface area contributed by atoms with E-state index < -0.39 is 12.4 Å². The molecule has 1 aliphatic rings. The first-order valence-corrected chi connectivity index (χ1v) is 11.6. The predicted molar refractivity (Wildman–Crippen MR) is 132 cm³/mol. The van der Waals surface area contributed by atoms with E-state index in [4.69, 9.17) is 18.6 Å². The van der Waals surface area contributed by atoms with Crippen LogP contribution in [0.25, 0.3) is 22.2 Å². The fraction of sp³-hybridized carbons (Fsp3) is 0.143. The number of furan rings is 1. The molecule has 5 aromatic rings. The Labute approximate surface area is 206 Å². The normalized spacial score (nSPS) is 13.8. The summed E-state index contributed by atoms with van der Waals surface area (Å²) < 4.78 is 37.0. The van der Waals surface area contributed by atoms with E-state index in [0.29, 0.717) is 48.1 Å². The highest BCUT2D eigenvalue weighted by atomic mass is 19.1. The lowest BCUT2D eigenvalue weighted by atomic mass is 10.1. The summed E-state index contributed by atoms with van der Waals surface area (Å²) in [6.45, 7) is 1.55. The zero-order valence-corrected chi connectivity index (χ0v) is 19.2. The summed E-state index contributed by atoms with van der Waals surface area (Å²) >= 11 is 0. The average molecular weight is 483 g/mol. The van der Waals surface area contributed by atoms with Crippen molar-refractivity contribution in [1.82, 2.24) is 9.97 Å². The molecule has 3 aromatic carbocycles. The second kappa shape index (κ2) is 9.77. The van der Waals surface area contributed by atoms with Crippen molar-refractivity contribution in [2.75, 3.05) is 18.5 Å². The molecule has 1 saturated heterocycles. The van der Waals surface area contributed by atoms with E-state index in [-0.39, 0.29) is 0 Å². The van der Waals surface area contributed by atoms with Gasteiger partial charge in [-0.15, -0.1) is 0 Å². The predicted octanol–water partition coefficient (Wildman–Crippen LogP) is 6.40. The molecule has 180 valence electrons. The van der Waals surface area contributed by atoms with Gasteiger partial charge >= 0.3 is 6.08 Å². The van der Waals surface area contributed by atoms with E-state index in [1.807, 2.05) is 78.9 Å². The molecule has 2 aromatic heterocycles. The largest absolute Gasteiger partial charge is 0.489 e. The van der Waals surface area contributed by atoms with Gasteiger partial charge in [0.25, 0.3) is 0 Å². The minimum atomic E-state index is -0.809. The second-order valence-electron chi connectivity index (χ2n) is 8.27. The number of benzene rings is 3. The lowest BCUT2D eigenvalue weighted by Gasteiger charge is -2.11. The first kappa shape index (κ1) is 22.2. The monoisotopic (exact) mass is 483 g/mol. The molecule has 1 aliphatic heterocycles. The topological polar surface area (TPSA) is 78.6 Å². The number of anilines is 2. The first-order valence-electron chi connectivity index (χ1n) is 11.6. The number of hydrogen-bond acceptors (Lipinski definition) is 7. The van der Waals surface area contributed by atoms with Crippen molar-refractivity contribution >= 4 is 22.4 Å². The number of nitrogens with zero attached hydrogens (tertiary/aromatic N) is 2. The third-order valence-electron chi connectivity index (χ3n) is 5.80. The van der Waals surface area contributed by atoms with E-state index >= 15 is 0 Å². The molecule has 7 nitrogen and oxygen atoms in total. The van der Waals surface area contributed by atoms with Crippen LogP contribution in [0.1, 0.15) is 17.6 Å². The number of rotatable bonds is 7. The molecule has 0 unspecified atom stereocenters. The second-order valence-corrected chi connectivity index (χ2v) is 8.27. The Balaban J connectivity index is 1.23. The summed E-state index contributed by atoms with van der Waals surface area (Å²) in [6.07, 6.45) is -1.30. The number of ether oxygens (including phenoxy) is 3. The van der Waals surface area contributed by atoms with Crippen molar-refractivity contribution in [3.8, 4) is 17.1 Å². The zero-order chi connectivity index (χ0) is 24.3. The van der Waals surface area contributed by atoms with Crippen molar-refractivity contribution < 1.29 is 23.0 Å². The van der Waals surface area contributed by atoms with Crippen molar-refractivity contribution in [3.05, 3.63) is 102 Å². The maximum absolute atomic E-state index is 14.2. The fourth-order valence-corrected chi connectivity index (χ4v) is 4.02. The highest BCUT2D eigenvalue weighted by Gasteiger charge is 2.22. The summed E-state index contributed by atoms with van der Waals surface area (Å²) in [6, 6.07) is 26.5. The van der Waals surface area contributed by atoms with Gasteiger partial charge in [0, 0.05) is 16.6 Å². The van der Waals surface area contributed by atoms with Crippen LogP contribution in [0.3, 0.4) is 0 Å². The molecule has 8 heteroatoms. The van der Waals surface area contributed by atoms with Crippen molar-refractivity contribution in [2.24, 2.45) is 0 Å². The Morgan fingerprint density at radius 2 is 1.69 bits per heavy atom. The molecule has 0 spiro atoms. The Kier molecular flexibility index (Phi) is 6.03. The Morgan fingerprint density at radius 3 is 2.50 bits per heavy atom. The molecule has 0 aliphatic carbocycles. The van der Waals surface area contributed by atoms with Crippen LogP contribution in [0.15, 0.2) is 89.3 Å². The van der Waals surface area contributed by atoms with Gasteiger partial charge in [-0.2, -0.15) is 9.37 Å². The highest BCUT2D eigenvalue weighted by Crippen LogP contribution is 2.33. The molecule has 1 fully saturated rings. The molecule has 6 rings (SSSR count). The van der Waals surface area contributed by atoms with E-state index in [2.05, 4.69) is 15.3 Å². The summed E-state index contributed by atoms with van der Waals surface area (Å²) in [5, 5.41) is 3.86. The fourth-order valence-electron chi connectivity index (χ4n) is 4.02. The van der Waals surface area contributed by atoms with Gasteiger partial charge in [0.15, 0.2) is 5.76 Å². The van der Waals surface area contributed by atoms with Gasteiger partial charge in [0.05, 0.1) is 18.7 Å². The molecule has 0 saturated carbocycles. The summed E-state index contributed by atoms with van der Waals surface area (Å²) in [4.78, 5) is 7.95. The zero-order valence-electron chi connectivity index (χ0n) is 19.2. The maximum Gasteiger partial charge on any atom is 0.311 e. The molecule has 0 atom stereocenters. The molecule has 1 N–H and O–H groups in total. The summed E-state index contributed by atoms with van der Waals surface area (Å²) in [5.41, 5.74) is 3.11. The third-order valence-corrected chi connectivity index (χ3v) is 5.80. The van der Waals surface area contributed by atoms with Crippen molar-refractivity contribution in [1.29, 1.82) is 0 Å². The van der Waals surface area contributed by atoms with Crippen LogP contribution in [0, 0.1) is 6.08 Å². The SMILES string of the molecule is Fc1nc(Nc2ccc(OCc3ccccc3)cc2)c2cc(-c3ccc(C4OCCO4)o3)ccc2n1. The summed E-state index contributed by atoms with van der Waals surface area (Å²) in [7, 11) is 0. The molecule has 36 heavy (non-hydrogen) atoms. The van der Waals surface area contributed by atoms with Crippen LogP contribution in [-0.2, 0) is 16.1 Å². The number of aromatic nitrogens is 2. The highest BCUT2D eigenvalue weighted by molar-refractivity contribution is 5.93. The standard InChI is InChI=1S/C28H22FN3O4/c29-28-31-23-11-6-19(24-12-13-25(36-24)27-33-14-15-34-27)16-22(23)26(32-28)30-20-7-9-21(10-8-20)35-17-18-4-2-1-3-5-18/h1-13,16,27H,14-15,17H2,(H,30,31,32). The van der Waals surface area contributed by atoms with Crippen LogP contribution in [0.4, 0.5) is 15.9 Å². The van der Waals surface area contributed by atoms with Gasteiger partial charge in [0.1, 0.15) is 23.9 Å². The van der Waals surface area contributed by atoms with Crippen LogP contribution in [0.2, 0.25) is 0 Å². The van der Waals surface area contributed by atoms with Crippen LogP contribution < -0.4 is 10.1 Å². The van der Waals surface area contributed by atoms with Gasteiger partial charge in [0.2, 0.25) is 6.29 Å². The van der Waals surface area contributed by atoms with Crippen LogP contribution >= 0.6 is 0 Å². The molecule has 0 radical (unpaired) electrons. The van der Waals surface area contributed by atoms with E-state index in [9.17, 15) is 4.39 Å². The smallest absolute Gasteiger partial charge is 0.311 e. The first-order chi connectivity index (χ1) is 17.7. The van der Waals surface area contributed by atoms with Gasteiger partial charge in [-0.05, 0) is 60.2 Å². The number of nitrogens with one attached hydrogen (secondary N) is 1. The number of halogens is 1. The van der Waals surface area contributed by atoms with Gasteiger partial charge in [-0.25, -0.2) is 4.98 Å². The quantitative estimate of drug-likeness (QED) is 0.269. The minimum Gasteiger partial charge on any atom is -0.489 e. The number of fused-ring (bicyclic) bond motifs is 1. The lowest BCUT2D eigenvalue weighted by molar-refractivity contribution is -0.0585. The van der Waals surface area contributed by atoms with Crippen molar-refractivity contribution in [2.45, 2.75) is 12.9 Å². The van der Waals surface area contributed by atoms with Crippen molar-refractivity contribution in [3.63, 3.8) is 0 Å². The third kappa shape index (κ3) is 4.77. The van der Waals surface area contributed by atoms with E-state index in [0.717, 1.165) is 22.6 Å².